The van der Waals surface area contributed by atoms with Crippen LogP contribution >= 0.6 is 0 Å². The van der Waals surface area contributed by atoms with Crippen LogP contribution in [0.2, 0.25) is 0 Å². The van der Waals surface area contributed by atoms with Crippen molar-refractivity contribution in [2.24, 2.45) is 7.05 Å². The maximum atomic E-state index is 12.2. The fourth-order valence-electron chi connectivity index (χ4n) is 2.71. The number of carbonyl (C=O) groups excluding carboxylic acids is 1. The smallest absolute Gasteiger partial charge is 0.411 e. The Kier molecular flexibility index (Phi) is 6.75. The van der Waals surface area contributed by atoms with E-state index in [1.807, 2.05) is 19.3 Å². The number of amides is 1. The van der Waals surface area contributed by atoms with Crippen LogP contribution in [0.3, 0.4) is 0 Å². The number of nitrogens with one attached hydrogen (secondary N) is 1. The maximum Gasteiger partial charge on any atom is 0.411 e. The summed E-state index contributed by atoms with van der Waals surface area (Å²) >= 11 is 0. The molecular weight excluding hydrogens is 374 g/mol. The number of hydrogen-bond acceptors (Lipinski definition) is 6. The van der Waals surface area contributed by atoms with Gasteiger partial charge in [0.1, 0.15) is 11.4 Å². The predicted octanol–water partition coefficient (Wildman–Crippen LogP) is 2.14. The first-order chi connectivity index (χ1) is 14.0. The largest absolute Gasteiger partial charge is 0.449 e. The Bertz CT molecular complexity index is 1030. The highest BCUT2D eigenvalue weighted by atomic mass is 16.5. The van der Waals surface area contributed by atoms with Crippen LogP contribution in [0.1, 0.15) is 17.7 Å². The minimum atomic E-state index is -0.532. The molecule has 0 radical (unpaired) electrons. The number of aryl methyl sites for hydroxylation is 1. The first kappa shape index (κ1) is 20.3. The molecule has 3 rings (SSSR count). The van der Waals surface area contributed by atoms with Crippen LogP contribution in [-0.2, 0) is 22.9 Å². The Hall–Kier alpha value is -3.46. The van der Waals surface area contributed by atoms with Crippen molar-refractivity contribution >= 4 is 11.8 Å². The molecule has 1 N–H and O–H groups in total. The number of carbonyl (C=O) groups is 1. The van der Waals surface area contributed by atoms with E-state index in [1.54, 1.807) is 47.1 Å². The van der Waals surface area contributed by atoms with E-state index in [2.05, 4.69) is 15.5 Å². The van der Waals surface area contributed by atoms with Crippen LogP contribution in [0.4, 0.5) is 10.5 Å². The van der Waals surface area contributed by atoms with Gasteiger partial charge in [0.2, 0.25) is 5.43 Å². The number of ether oxygens (including phenoxy) is 2. The van der Waals surface area contributed by atoms with E-state index in [9.17, 15) is 9.59 Å². The van der Waals surface area contributed by atoms with Gasteiger partial charge in [-0.25, -0.2) is 9.48 Å². The molecule has 1 aromatic carbocycles. The van der Waals surface area contributed by atoms with Crippen molar-refractivity contribution in [1.29, 1.82) is 0 Å². The lowest BCUT2D eigenvalue weighted by Gasteiger charge is -2.09. The lowest BCUT2D eigenvalue weighted by molar-refractivity contribution is 0.134. The molecule has 3 aromatic rings. The van der Waals surface area contributed by atoms with Gasteiger partial charge in [0, 0.05) is 51.6 Å². The third kappa shape index (κ3) is 5.76. The van der Waals surface area contributed by atoms with Crippen molar-refractivity contribution in [3.05, 3.63) is 70.4 Å². The van der Waals surface area contributed by atoms with Crippen molar-refractivity contribution < 1.29 is 14.3 Å². The van der Waals surface area contributed by atoms with Gasteiger partial charge >= 0.3 is 6.09 Å². The summed E-state index contributed by atoms with van der Waals surface area (Å²) in [6.07, 6.45) is 5.52. The van der Waals surface area contributed by atoms with Crippen LogP contribution in [0, 0.1) is 0 Å². The lowest BCUT2D eigenvalue weighted by atomic mass is 10.1. The van der Waals surface area contributed by atoms with Gasteiger partial charge in [0.05, 0.1) is 19.0 Å². The number of aromatic nitrogens is 4. The highest BCUT2D eigenvalue weighted by molar-refractivity contribution is 5.84. The molecule has 0 saturated heterocycles. The minimum absolute atomic E-state index is 0.152. The number of nitrogens with zero attached hydrogens (tertiary/aromatic N) is 4. The Labute approximate surface area is 167 Å². The number of anilines is 1. The van der Waals surface area contributed by atoms with Gasteiger partial charge in [-0.2, -0.15) is 10.2 Å². The molecule has 0 fully saturated rings. The van der Waals surface area contributed by atoms with Gasteiger partial charge in [-0.3, -0.25) is 14.8 Å². The molecule has 9 heteroatoms. The predicted molar refractivity (Wildman–Crippen MR) is 107 cm³/mol. The van der Waals surface area contributed by atoms with Crippen LogP contribution in [0.15, 0.2) is 53.7 Å². The molecule has 29 heavy (non-hydrogen) atoms. The average molecular weight is 397 g/mol. The lowest BCUT2D eigenvalue weighted by Crippen LogP contribution is -2.17. The van der Waals surface area contributed by atoms with Crippen LogP contribution < -0.4 is 10.7 Å². The number of methoxy groups -OCH3 is 1. The third-order valence-electron chi connectivity index (χ3n) is 4.11. The second-order valence-electron chi connectivity index (χ2n) is 6.43. The molecular formula is C20H23N5O4. The summed E-state index contributed by atoms with van der Waals surface area (Å²) in [5, 5.41) is 11.2. The maximum absolute atomic E-state index is 12.2. The monoisotopic (exact) mass is 397 g/mol. The zero-order chi connectivity index (χ0) is 20.6. The summed E-state index contributed by atoms with van der Waals surface area (Å²) in [4.78, 5) is 24.1. The van der Waals surface area contributed by atoms with E-state index in [1.165, 1.54) is 6.07 Å². The third-order valence-corrected chi connectivity index (χ3v) is 4.11. The quantitative estimate of drug-likeness (QED) is 0.585. The van der Waals surface area contributed by atoms with E-state index in [-0.39, 0.29) is 12.0 Å². The molecule has 0 spiro atoms. The molecule has 0 unspecified atom stereocenters. The number of hydrogen-bond donors (Lipinski definition) is 1. The Morgan fingerprint density at radius 2 is 2.10 bits per heavy atom. The minimum Gasteiger partial charge on any atom is -0.449 e. The summed E-state index contributed by atoms with van der Waals surface area (Å²) in [5.41, 5.74) is 2.44. The summed E-state index contributed by atoms with van der Waals surface area (Å²) in [6.45, 7) is 0.810. The van der Waals surface area contributed by atoms with Crippen molar-refractivity contribution in [2.45, 2.75) is 12.8 Å². The van der Waals surface area contributed by atoms with E-state index >= 15 is 0 Å². The van der Waals surface area contributed by atoms with Crippen LogP contribution in [0.25, 0.3) is 5.69 Å². The zero-order valence-corrected chi connectivity index (χ0v) is 16.4. The zero-order valence-electron chi connectivity index (χ0n) is 16.4. The molecule has 0 bridgehead atoms. The van der Waals surface area contributed by atoms with E-state index in [0.717, 1.165) is 11.3 Å². The topological polar surface area (TPSA) is 100 Å². The van der Waals surface area contributed by atoms with Crippen molar-refractivity contribution in [1.82, 2.24) is 19.6 Å². The summed E-state index contributed by atoms with van der Waals surface area (Å²) in [7, 11) is 3.41. The molecule has 0 saturated carbocycles. The number of rotatable bonds is 8. The fourth-order valence-corrected chi connectivity index (χ4v) is 2.71. The van der Waals surface area contributed by atoms with Gasteiger partial charge in [-0.15, -0.1) is 0 Å². The van der Waals surface area contributed by atoms with Crippen LogP contribution in [0.5, 0.6) is 0 Å². The van der Waals surface area contributed by atoms with Crippen molar-refractivity contribution in [2.75, 3.05) is 25.6 Å². The Balaban J connectivity index is 1.68. The molecule has 0 aliphatic carbocycles. The number of benzene rings is 1. The molecule has 152 valence electrons. The first-order valence-electron chi connectivity index (χ1n) is 9.14. The van der Waals surface area contributed by atoms with Gasteiger partial charge in [0.25, 0.3) is 0 Å². The Morgan fingerprint density at radius 1 is 1.24 bits per heavy atom. The second kappa shape index (κ2) is 9.65. The molecule has 9 nitrogen and oxygen atoms in total. The molecule has 0 atom stereocenters. The van der Waals surface area contributed by atoms with Gasteiger partial charge in [-0.1, -0.05) is 12.1 Å². The molecule has 2 aromatic heterocycles. The van der Waals surface area contributed by atoms with E-state index in [4.69, 9.17) is 9.47 Å². The highest BCUT2D eigenvalue weighted by Crippen LogP contribution is 2.13. The molecule has 0 aliphatic rings. The van der Waals surface area contributed by atoms with Crippen molar-refractivity contribution in [3.8, 4) is 5.69 Å². The first-order valence-corrected chi connectivity index (χ1v) is 9.14. The fraction of sp³-hybridized carbons (Fsp3) is 0.300. The van der Waals surface area contributed by atoms with E-state index in [0.29, 0.717) is 30.8 Å². The average Bonchev–Trinajstić information content (AvgIpc) is 3.14. The van der Waals surface area contributed by atoms with Crippen molar-refractivity contribution in [3.63, 3.8) is 0 Å². The summed E-state index contributed by atoms with van der Waals surface area (Å²) < 4.78 is 13.3. The summed E-state index contributed by atoms with van der Waals surface area (Å²) in [6, 6.07) is 8.70. The van der Waals surface area contributed by atoms with Crippen LogP contribution in [-0.4, -0.2) is 46.0 Å². The normalized spacial score (nSPS) is 10.7. The highest BCUT2D eigenvalue weighted by Gasteiger charge is 2.08. The Morgan fingerprint density at radius 3 is 2.86 bits per heavy atom. The second-order valence-corrected chi connectivity index (χ2v) is 6.43. The van der Waals surface area contributed by atoms with Gasteiger partial charge in [0.15, 0.2) is 0 Å². The molecule has 0 aliphatic heterocycles. The standard InChI is InChI=1S/C20H23N5O4/c1-24-14-17(13-21-24)25-8-7-19(26)18(23-25)12-15-5-3-6-16(11-15)22-20(27)29-10-4-9-28-2/h3,5-8,11,13-14H,4,9-10,12H2,1-2H3,(H,22,27). The summed E-state index contributed by atoms with van der Waals surface area (Å²) in [5.74, 6) is 0. The van der Waals surface area contributed by atoms with E-state index < -0.39 is 6.09 Å². The SMILES string of the molecule is COCCCOC(=O)Nc1cccc(Cc2nn(-c3cnn(C)c3)ccc2=O)c1. The van der Waals surface area contributed by atoms with Gasteiger partial charge in [-0.05, 0) is 17.7 Å². The molecule has 2 heterocycles. The van der Waals surface area contributed by atoms with Gasteiger partial charge < -0.3 is 9.47 Å². The molecule has 1 amide bonds.